The molecule has 0 radical (unpaired) electrons. The minimum absolute atomic E-state index is 0.0279. The summed E-state index contributed by atoms with van der Waals surface area (Å²) in [6.45, 7) is 3.14. The van der Waals surface area contributed by atoms with Crippen molar-refractivity contribution in [1.29, 1.82) is 5.26 Å². The SMILES string of the molecule is CC1=C(C(=O)N2CCCCC2)C(c2ccccc2Cl)C(C#N)=C(N)O1. The first-order chi connectivity index (χ1) is 12.0. The Kier molecular flexibility index (Phi) is 5.00. The number of ether oxygens (including phenoxy) is 1. The zero-order chi connectivity index (χ0) is 18.0. The number of halogens is 1. The van der Waals surface area contributed by atoms with E-state index in [0.717, 1.165) is 19.3 Å². The number of carbonyl (C=O) groups is 1. The summed E-state index contributed by atoms with van der Waals surface area (Å²) in [6, 6.07) is 9.31. The van der Waals surface area contributed by atoms with E-state index >= 15 is 0 Å². The summed E-state index contributed by atoms with van der Waals surface area (Å²) >= 11 is 6.37. The number of benzene rings is 1. The third-order valence-corrected chi connectivity index (χ3v) is 5.04. The van der Waals surface area contributed by atoms with Crippen LogP contribution in [0.3, 0.4) is 0 Å². The van der Waals surface area contributed by atoms with E-state index in [1.165, 1.54) is 0 Å². The molecule has 6 heteroatoms. The van der Waals surface area contributed by atoms with Gasteiger partial charge in [0.1, 0.15) is 17.4 Å². The van der Waals surface area contributed by atoms with E-state index in [2.05, 4.69) is 6.07 Å². The quantitative estimate of drug-likeness (QED) is 0.879. The summed E-state index contributed by atoms with van der Waals surface area (Å²) in [5, 5.41) is 10.1. The van der Waals surface area contributed by atoms with Gasteiger partial charge in [0.25, 0.3) is 5.91 Å². The molecule has 2 N–H and O–H groups in total. The van der Waals surface area contributed by atoms with Crippen LogP contribution in [-0.4, -0.2) is 23.9 Å². The number of nitrogens with two attached hydrogens (primary N) is 1. The molecule has 5 nitrogen and oxygen atoms in total. The molecule has 1 fully saturated rings. The largest absolute Gasteiger partial charge is 0.445 e. The fourth-order valence-electron chi connectivity index (χ4n) is 3.45. The maximum Gasteiger partial charge on any atom is 0.254 e. The van der Waals surface area contributed by atoms with E-state index < -0.39 is 5.92 Å². The zero-order valence-corrected chi connectivity index (χ0v) is 14.8. The van der Waals surface area contributed by atoms with Gasteiger partial charge in [0.05, 0.1) is 11.5 Å². The van der Waals surface area contributed by atoms with Crippen molar-refractivity contribution in [3.8, 4) is 6.07 Å². The fourth-order valence-corrected chi connectivity index (χ4v) is 3.69. The number of piperidine rings is 1. The lowest BCUT2D eigenvalue weighted by molar-refractivity contribution is -0.128. The Labute approximate surface area is 152 Å². The maximum absolute atomic E-state index is 13.2. The minimum Gasteiger partial charge on any atom is -0.445 e. The molecule has 2 aliphatic rings. The summed E-state index contributed by atoms with van der Waals surface area (Å²) in [6.07, 6.45) is 3.10. The Morgan fingerprint density at radius 3 is 2.64 bits per heavy atom. The van der Waals surface area contributed by atoms with Gasteiger partial charge >= 0.3 is 0 Å². The van der Waals surface area contributed by atoms with Crippen molar-refractivity contribution >= 4 is 17.5 Å². The van der Waals surface area contributed by atoms with E-state index in [4.69, 9.17) is 22.1 Å². The number of rotatable bonds is 2. The van der Waals surface area contributed by atoms with Crippen LogP contribution in [0, 0.1) is 11.3 Å². The predicted octanol–water partition coefficient (Wildman–Crippen LogP) is 3.43. The number of nitriles is 1. The number of nitrogens with zero attached hydrogens (tertiary/aromatic N) is 2. The van der Waals surface area contributed by atoms with Gasteiger partial charge in [-0.2, -0.15) is 5.26 Å². The summed E-state index contributed by atoms with van der Waals surface area (Å²) in [7, 11) is 0. The molecule has 3 rings (SSSR count). The van der Waals surface area contributed by atoms with Crippen molar-refractivity contribution in [3.63, 3.8) is 0 Å². The lowest BCUT2D eigenvalue weighted by Gasteiger charge is -2.33. The lowest BCUT2D eigenvalue weighted by Crippen LogP contribution is -2.39. The molecule has 1 atom stereocenters. The second kappa shape index (κ2) is 7.20. The summed E-state index contributed by atoms with van der Waals surface area (Å²) in [5.41, 5.74) is 7.28. The average molecular weight is 358 g/mol. The number of likely N-dealkylation sites (tertiary alicyclic amines) is 1. The zero-order valence-electron chi connectivity index (χ0n) is 14.1. The van der Waals surface area contributed by atoms with E-state index in [0.29, 0.717) is 35.0 Å². The van der Waals surface area contributed by atoms with E-state index in [9.17, 15) is 10.1 Å². The van der Waals surface area contributed by atoms with Gasteiger partial charge in [-0.1, -0.05) is 29.8 Å². The average Bonchev–Trinajstić information content (AvgIpc) is 2.62. The molecule has 1 saturated heterocycles. The van der Waals surface area contributed by atoms with Crippen molar-refractivity contribution in [3.05, 3.63) is 57.6 Å². The van der Waals surface area contributed by atoms with Crippen LogP contribution >= 0.6 is 11.6 Å². The highest BCUT2D eigenvalue weighted by Gasteiger charge is 2.38. The molecule has 25 heavy (non-hydrogen) atoms. The minimum atomic E-state index is -0.609. The first-order valence-electron chi connectivity index (χ1n) is 8.36. The molecule has 0 bridgehead atoms. The Morgan fingerprint density at radius 1 is 1.32 bits per heavy atom. The van der Waals surface area contributed by atoms with Gasteiger partial charge in [0.15, 0.2) is 0 Å². The first kappa shape index (κ1) is 17.4. The smallest absolute Gasteiger partial charge is 0.254 e. The molecule has 1 aromatic rings. The molecule has 1 aromatic carbocycles. The molecule has 130 valence electrons. The fraction of sp³-hybridized carbons (Fsp3) is 0.368. The Morgan fingerprint density at radius 2 is 2.00 bits per heavy atom. The highest BCUT2D eigenvalue weighted by Crippen LogP contribution is 2.42. The highest BCUT2D eigenvalue weighted by molar-refractivity contribution is 6.31. The predicted molar refractivity (Wildman–Crippen MR) is 95.2 cm³/mol. The van der Waals surface area contributed by atoms with Crippen molar-refractivity contribution < 1.29 is 9.53 Å². The Balaban J connectivity index is 2.10. The number of carbonyl (C=O) groups excluding carboxylic acids is 1. The van der Waals surface area contributed by atoms with Gasteiger partial charge < -0.3 is 15.4 Å². The molecule has 0 aromatic heterocycles. The van der Waals surface area contributed by atoms with Gasteiger partial charge in [-0.15, -0.1) is 0 Å². The number of hydrogen-bond acceptors (Lipinski definition) is 4. The van der Waals surface area contributed by atoms with Crippen LogP contribution in [0.15, 0.2) is 47.1 Å². The lowest BCUT2D eigenvalue weighted by atomic mass is 9.82. The summed E-state index contributed by atoms with van der Waals surface area (Å²) in [5.74, 6) is -0.263. The third-order valence-electron chi connectivity index (χ3n) is 4.70. The molecule has 2 aliphatic heterocycles. The van der Waals surface area contributed by atoms with E-state index in [-0.39, 0.29) is 17.4 Å². The number of hydrogen-bond donors (Lipinski definition) is 1. The second-order valence-corrected chi connectivity index (χ2v) is 6.68. The van der Waals surface area contributed by atoms with Crippen LogP contribution in [0.4, 0.5) is 0 Å². The van der Waals surface area contributed by atoms with Gasteiger partial charge in [-0.3, -0.25) is 4.79 Å². The van der Waals surface area contributed by atoms with Crippen molar-refractivity contribution in [1.82, 2.24) is 4.90 Å². The van der Waals surface area contributed by atoms with Crippen molar-refractivity contribution in [2.45, 2.75) is 32.1 Å². The first-order valence-corrected chi connectivity index (χ1v) is 8.74. The molecule has 0 spiro atoms. The molecular formula is C19H20ClN3O2. The van der Waals surface area contributed by atoms with Crippen LogP contribution in [0.1, 0.15) is 37.7 Å². The Hall–Kier alpha value is -2.45. The van der Waals surface area contributed by atoms with Crippen LogP contribution in [0.25, 0.3) is 0 Å². The summed E-state index contributed by atoms with van der Waals surface area (Å²) < 4.78 is 5.53. The van der Waals surface area contributed by atoms with Gasteiger partial charge in [0.2, 0.25) is 5.88 Å². The van der Waals surface area contributed by atoms with Crippen molar-refractivity contribution in [2.75, 3.05) is 13.1 Å². The number of allylic oxidation sites excluding steroid dienone is 2. The third kappa shape index (κ3) is 3.22. The monoisotopic (exact) mass is 357 g/mol. The van der Waals surface area contributed by atoms with Crippen LogP contribution < -0.4 is 5.73 Å². The number of amides is 1. The van der Waals surface area contributed by atoms with Gasteiger partial charge in [-0.05, 0) is 37.8 Å². The summed E-state index contributed by atoms with van der Waals surface area (Å²) in [4.78, 5) is 15.0. The highest BCUT2D eigenvalue weighted by atomic mass is 35.5. The molecule has 2 heterocycles. The molecule has 0 aliphatic carbocycles. The van der Waals surface area contributed by atoms with Crippen LogP contribution in [0.5, 0.6) is 0 Å². The maximum atomic E-state index is 13.2. The molecule has 1 unspecified atom stereocenters. The standard InChI is InChI=1S/C19H20ClN3O2/c1-12-16(19(24)23-9-5-2-6-10-23)17(14(11-21)18(22)25-12)13-7-3-4-8-15(13)20/h3-4,7-8,17H,2,5-6,9-10,22H2,1H3. The Bertz CT molecular complexity index is 801. The van der Waals surface area contributed by atoms with E-state index in [1.807, 2.05) is 23.1 Å². The van der Waals surface area contributed by atoms with Crippen molar-refractivity contribution in [2.24, 2.45) is 5.73 Å². The van der Waals surface area contributed by atoms with Gasteiger partial charge in [0, 0.05) is 18.1 Å². The molecule has 0 saturated carbocycles. The topological polar surface area (TPSA) is 79.4 Å². The van der Waals surface area contributed by atoms with Crippen LogP contribution in [0.2, 0.25) is 5.02 Å². The second-order valence-electron chi connectivity index (χ2n) is 6.27. The van der Waals surface area contributed by atoms with E-state index in [1.54, 1.807) is 13.0 Å². The molecular weight excluding hydrogens is 338 g/mol. The normalized spacial score (nSPS) is 21.0. The van der Waals surface area contributed by atoms with Crippen LogP contribution in [-0.2, 0) is 9.53 Å². The van der Waals surface area contributed by atoms with Gasteiger partial charge in [-0.25, -0.2) is 0 Å². The molecule has 1 amide bonds.